The van der Waals surface area contributed by atoms with Crippen molar-refractivity contribution in [2.45, 2.75) is 23.6 Å². The van der Waals surface area contributed by atoms with Gasteiger partial charge < -0.3 is 29.2 Å². The number of methoxy groups -OCH3 is 2. The SMILES string of the molecule is COc1ccc(C(Nc2ncnc3c2ncn3C(CCO)COC(c2ccccc2)(c2ccccc2)c2ccc(OC)cc2)(c2ccccc2)c2ccccc2)cc1. The highest BCUT2D eigenvalue weighted by Crippen LogP contribution is 2.43. The van der Waals surface area contributed by atoms with E-state index in [4.69, 9.17) is 29.2 Å². The van der Waals surface area contributed by atoms with Crippen LogP contribution in [0.1, 0.15) is 45.8 Å². The van der Waals surface area contributed by atoms with Crippen molar-refractivity contribution in [3.63, 3.8) is 0 Å². The van der Waals surface area contributed by atoms with Gasteiger partial charge in [-0.3, -0.25) is 0 Å². The average molecular weight is 768 g/mol. The van der Waals surface area contributed by atoms with E-state index in [1.807, 2.05) is 114 Å². The normalized spacial score (nSPS) is 12.3. The molecule has 0 aliphatic rings. The largest absolute Gasteiger partial charge is 0.497 e. The van der Waals surface area contributed by atoms with Crippen LogP contribution in [0.5, 0.6) is 11.5 Å². The number of nitrogens with one attached hydrogen (secondary N) is 1. The summed E-state index contributed by atoms with van der Waals surface area (Å²) in [5, 5.41) is 14.4. The lowest BCUT2D eigenvalue weighted by molar-refractivity contribution is -0.00891. The second-order valence-corrected chi connectivity index (χ2v) is 14.0. The quantitative estimate of drug-likeness (QED) is 0.0939. The molecule has 0 fully saturated rings. The number of aromatic nitrogens is 4. The summed E-state index contributed by atoms with van der Waals surface area (Å²) < 4.78 is 20.4. The number of aliphatic hydroxyl groups excluding tert-OH is 1. The van der Waals surface area contributed by atoms with E-state index in [2.05, 4.69) is 66.0 Å². The van der Waals surface area contributed by atoms with Gasteiger partial charge in [-0.05, 0) is 64.1 Å². The van der Waals surface area contributed by atoms with Crippen LogP contribution in [-0.2, 0) is 15.9 Å². The van der Waals surface area contributed by atoms with Crippen molar-refractivity contribution in [3.05, 3.63) is 216 Å². The molecule has 9 nitrogen and oxygen atoms in total. The number of fused-ring (bicyclic) bond motifs is 1. The molecule has 8 rings (SSSR count). The van der Waals surface area contributed by atoms with Gasteiger partial charge in [-0.1, -0.05) is 146 Å². The molecule has 0 saturated carbocycles. The van der Waals surface area contributed by atoms with E-state index in [1.165, 1.54) is 0 Å². The molecule has 9 heteroatoms. The molecule has 58 heavy (non-hydrogen) atoms. The first-order chi connectivity index (χ1) is 28.6. The highest BCUT2D eigenvalue weighted by Gasteiger charge is 2.40. The minimum Gasteiger partial charge on any atom is -0.497 e. The van der Waals surface area contributed by atoms with Crippen LogP contribution in [0.3, 0.4) is 0 Å². The third-order valence-corrected chi connectivity index (χ3v) is 10.8. The standard InChI is InChI=1S/C49H45N5O4/c1-56-43-27-23-38(24-28-43)48(36-15-7-3-8-16-36,37-17-9-4-10-18-37)53-46-45-47(51-34-50-46)54(35-52-45)42(31-32-55)33-58-49(39-19-11-5-12-20-39,40-21-13-6-14-22-40)41-25-29-44(57-2)30-26-41/h3-30,34-35,42,55H,31-33H2,1-2H3,(H,50,51,53). The number of hydrogen-bond donors (Lipinski definition) is 2. The Morgan fingerprint density at radius 2 is 1.02 bits per heavy atom. The Hall–Kier alpha value is -6.81. The molecule has 0 amide bonds. The van der Waals surface area contributed by atoms with E-state index in [9.17, 15) is 5.11 Å². The van der Waals surface area contributed by atoms with Crippen molar-refractivity contribution in [1.29, 1.82) is 0 Å². The Kier molecular flexibility index (Phi) is 11.2. The van der Waals surface area contributed by atoms with Gasteiger partial charge in [0, 0.05) is 6.61 Å². The third-order valence-electron chi connectivity index (χ3n) is 10.8. The molecular weight excluding hydrogens is 723 g/mol. The molecule has 0 aliphatic heterocycles. The maximum Gasteiger partial charge on any atom is 0.165 e. The van der Waals surface area contributed by atoms with Gasteiger partial charge in [-0.25, -0.2) is 15.0 Å². The molecular formula is C49H45N5O4. The van der Waals surface area contributed by atoms with Gasteiger partial charge in [-0.15, -0.1) is 0 Å². The third kappa shape index (κ3) is 7.17. The fraction of sp³-hybridized carbons (Fsp3) is 0.163. The minimum atomic E-state index is -0.996. The van der Waals surface area contributed by atoms with Crippen LogP contribution >= 0.6 is 0 Å². The average Bonchev–Trinajstić information content (AvgIpc) is 3.74. The topological polar surface area (TPSA) is 104 Å². The molecule has 8 aromatic rings. The molecule has 0 radical (unpaired) electrons. The van der Waals surface area contributed by atoms with Crippen LogP contribution in [0.2, 0.25) is 0 Å². The predicted octanol–water partition coefficient (Wildman–Crippen LogP) is 9.18. The lowest BCUT2D eigenvalue weighted by Gasteiger charge is -2.37. The van der Waals surface area contributed by atoms with Gasteiger partial charge in [0.2, 0.25) is 0 Å². The Bertz CT molecular complexity index is 2440. The summed E-state index contributed by atoms with van der Waals surface area (Å²) >= 11 is 0. The summed E-state index contributed by atoms with van der Waals surface area (Å²) in [6, 6.07) is 56.9. The molecule has 2 aromatic heterocycles. The summed E-state index contributed by atoms with van der Waals surface area (Å²) in [6.45, 7) is 0.150. The smallest absolute Gasteiger partial charge is 0.165 e. The highest BCUT2D eigenvalue weighted by molar-refractivity contribution is 5.84. The van der Waals surface area contributed by atoms with Crippen LogP contribution in [0.25, 0.3) is 11.2 Å². The van der Waals surface area contributed by atoms with Gasteiger partial charge in [0.1, 0.15) is 34.5 Å². The van der Waals surface area contributed by atoms with Crippen molar-refractivity contribution < 1.29 is 19.3 Å². The molecule has 6 aromatic carbocycles. The van der Waals surface area contributed by atoms with Crippen molar-refractivity contribution in [2.75, 3.05) is 32.8 Å². The van der Waals surface area contributed by atoms with Gasteiger partial charge in [0.15, 0.2) is 11.5 Å². The van der Waals surface area contributed by atoms with E-state index in [0.29, 0.717) is 23.4 Å². The van der Waals surface area contributed by atoms with E-state index < -0.39 is 11.1 Å². The van der Waals surface area contributed by atoms with Crippen molar-refractivity contribution in [3.8, 4) is 11.5 Å². The Balaban J connectivity index is 1.23. The van der Waals surface area contributed by atoms with Crippen LogP contribution in [-0.4, -0.2) is 52.1 Å². The highest BCUT2D eigenvalue weighted by atomic mass is 16.5. The molecule has 2 N–H and O–H groups in total. The predicted molar refractivity (Wildman–Crippen MR) is 227 cm³/mol. The Labute approximate surface area is 338 Å². The van der Waals surface area contributed by atoms with Crippen LogP contribution < -0.4 is 14.8 Å². The number of rotatable bonds is 16. The molecule has 0 aliphatic carbocycles. The van der Waals surface area contributed by atoms with Crippen LogP contribution in [0.4, 0.5) is 5.82 Å². The van der Waals surface area contributed by atoms with Gasteiger partial charge in [-0.2, -0.15) is 0 Å². The first-order valence-corrected chi connectivity index (χ1v) is 19.3. The first kappa shape index (κ1) is 38.1. The summed E-state index contributed by atoms with van der Waals surface area (Å²) in [6.07, 6.45) is 3.72. The fourth-order valence-electron chi connectivity index (χ4n) is 7.92. The molecule has 2 heterocycles. The monoisotopic (exact) mass is 767 g/mol. The van der Waals surface area contributed by atoms with Crippen LogP contribution in [0.15, 0.2) is 183 Å². The lowest BCUT2D eigenvalue weighted by atomic mass is 9.77. The minimum absolute atomic E-state index is 0.0707. The molecule has 1 atom stereocenters. The van der Waals surface area contributed by atoms with Crippen LogP contribution in [0, 0.1) is 0 Å². The van der Waals surface area contributed by atoms with Gasteiger partial charge >= 0.3 is 0 Å². The number of benzene rings is 6. The Morgan fingerprint density at radius 1 is 0.569 bits per heavy atom. The number of aliphatic hydroxyl groups is 1. The zero-order valence-electron chi connectivity index (χ0n) is 32.5. The fourth-order valence-corrected chi connectivity index (χ4v) is 7.92. The van der Waals surface area contributed by atoms with Crippen molar-refractivity contribution in [1.82, 2.24) is 19.5 Å². The number of hydrogen-bond acceptors (Lipinski definition) is 8. The van der Waals surface area contributed by atoms with E-state index in [0.717, 1.165) is 44.9 Å². The van der Waals surface area contributed by atoms with Gasteiger partial charge in [0.25, 0.3) is 0 Å². The maximum absolute atomic E-state index is 10.5. The number of nitrogens with zero attached hydrogens (tertiary/aromatic N) is 4. The van der Waals surface area contributed by atoms with Crippen molar-refractivity contribution >= 4 is 17.0 Å². The van der Waals surface area contributed by atoms with E-state index >= 15 is 0 Å². The molecule has 0 spiro atoms. The second kappa shape index (κ2) is 17.1. The zero-order chi connectivity index (χ0) is 39.8. The lowest BCUT2D eigenvalue weighted by Crippen LogP contribution is -2.38. The maximum atomic E-state index is 10.5. The Morgan fingerprint density at radius 3 is 1.50 bits per heavy atom. The van der Waals surface area contributed by atoms with Gasteiger partial charge in [0.05, 0.1) is 33.2 Å². The van der Waals surface area contributed by atoms with E-state index in [1.54, 1.807) is 26.9 Å². The molecule has 0 saturated heterocycles. The molecule has 0 bridgehead atoms. The summed E-state index contributed by atoms with van der Waals surface area (Å²) in [5.74, 6) is 2.06. The first-order valence-electron chi connectivity index (χ1n) is 19.3. The number of imidazole rings is 1. The summed E-state index contributed by atoms with van der Waals surface area (Å²) in [5.41, 5.74) is 5.21. The summed E-state index contributed by atoms with van der Waals surface area (Å²) in [7, 11) is 3.33. The molecule has 290 valence electrons. The second-order valence-electron chi connectivity index (χ2n) is 14.0. The molecule has 1 unspecified atom stereocenters. The number of ether oxygens (including phenoxy) is 3. The number of anilines is 1. The van der Waals surface area contributed by atoms with Crippen molar-refractivity contribution in [2.24, 2.45) is 0 Å². The zero-order valence-corrected chi connectivity index (χ0v) is 32.5. The summed E-state index contributed by atoms with van der Waals surface area (Å²) in [4.78, 5) is 14.6. The van der Waals surface area contributed by atoms with E-state index in [-0.39, 0.29) is 19.3 Å².